The van der Waals surface area contributed by atoms with E-state index in [1.54, 1.807) is 30.3 Å². The monoisotopic (exact) mass is 379 g/mol. The Labute approximate surface area is 142 Å². The smallest absolute Gasteiger partial charge is 0.191 e. The van der Waals surface area contributed by atoms with Crippen molar-refractivity contribution < 1.29 is 18.7 Å². The topological polar surface area (TPSA) is 47.6 Å². The van der Waals surface area contributed by atoms with Gasteiger partial charge in [-0.2, -0.15) is 0 Å². The Morgan fingerprint density at radius 3 is 2.61 bits per heavy atom. The van der Waals surface area contributed by atoms with Crippen molar-refractivity contribution in [3.8, 4) is 11.5 Å². The lowest BCUT2D eigenvalue weighted by Crippen LogP contribution is -2.01. The van der Waals surface area contributed by atoms with Crippen molar-refractivity contribution in [2.75, 3.05) is 19.5 Å². The molecule has 4 nitrogen and oxygen atoms in total. The lowest BCUT2D eigenvalue weighted by atomic mass is 10.1. The Morgan fingerprint density at radius 1 is 1.17 bits per heavy atom. The molecule has 0 aliphatic carbocycles. The third-order valence-corrected chi connectivity index (χ3v) is 3.57. The molecule has 1 N–H and O–H groups in total. The van der Waals surface area contributed by atoms with Crippen molar-refractivity contribution in [3.63, 3.8) is 0 Å². The van der Waals surface area contributed by atoms with Gasteiger partial charge in [0.2, 0.25) is 0 Å². The van der Waals surface area contributed by atoms with E-state index in [0.29, 0.717) is 21.5 Å². The predicted molar refractivity (Wildman–Crippen MR) is 90.7 cm³/mol. The summed E-state index contributed by atoms with van der Waals surface area (Å²) in [6.07, 6.45) is 2.69. The molecule has 0 saturated heterocycles. The Hall–Kier alpha value is -2.34. The van der Waals surface area contributed by atoms with Crippen LogP contribution < -0.4 is 14.8 Å². The molecule has 0 radical (unpaired) electrons. The van der Waals surface area contributed by atoms with Crippen LogP contribution in [0, 0.1) is 5.82 Å². The summed E-state index contributed by atoms with van der Waals surface area (Å²) in [4.78, 5) is 12.3. The molecule has 0 bridgehead atoms. The molecule has 2 aromatic rings. The van der Waals surface area contributed by atoms with Gasteiger partial charge in [-0.15, -0.1) is 0 Å². The van der Waals surface area contributed by atoms with Gasteiger partial charge < -0.3 is 14.8 Å². The van der Waals surface area contributed by atoms with Crippen LogP contribution in [-0.2, 0) is 0 Å². The predicted octanol–water partition coefficient (Wildman–Crippen LogP) is 4.41. The van der Waals surface area contributed by atoms with Crippen LogP contribution in [0.4, 0.5) is 10.1 Å². The molecule has 6 heteroatoms. The molecule has 120 valence electrons. The number of anilines is 1. The fraction of sp³-hybridized carbons (Fsp3) is 0.118. The largest absolute Gasteiger partial charge is 0.497 e. The van der Waals surface area contributed by atoms with Crippen molar-refractivity contribution in [2.24, 2.45) is 0 Å². The first-order chi connectivity index (χ1) is 11.0. The van der Waals surface area contributed by atoms with Crippen LogP contribution in [0.25, 0.3) is 0 Å². The molecule has 0 saturated carbocycles. The summed E-state index contributed by atoms with van der Waals surface area (Å²) in [6.45, 7) is 0. The van der Waals surface area contributed by atoms with E-state index in [-0.39, 0.29) is 11.5 Å². The van der Waals surface area contributed by atoms with E-state index >= 15 is 0 Å². The summed E-state index contributed by atoms with van der Waals surface area (Å²) in [5, 5.41) is 2.74. The summed E-state index contributed by atoms with van der Waals surface area (Å²) in [6, 6.07) is 9.55. The van der Waals surface area contributed by atoms with Crippen LogP contribution in [0.5, 0.6) is 11.5 Å². The van der Waals surface area contributed by atoms with Crippen LogP contribution in [0.15, 0.2) is 53.1 Å². The van der Waals surface area contributed by atoms with Gasteiger partial charge in [0.05, 0.1) is 25.5 Å². The summed E-state index contributed by atoms with van der Waals surface area (Å²) in [5.74, 6) is 0.283. The minimum atomic E-state index is -0.421. The maximum absolute atomic E-state index is 13.7. The van der Waals surface area contributed by atoms with E-state index in [1.165, 1.54) is 32.6 Å². The number of benzene rings is 2. The van der Waals surface area contributed by atoms with E-state index in [4.69, 9.17) is 9.47 Å². The number of methoxy groups -OCH3 is 2. The highest BCUT2D eigenvalue weighted by Crippen LogP contribution is 2.25. The van der Waals surface area contributed by atoms with Crippen molar-refractivity contribution in [1.82, 2.24) is 0 Å². The van der Waals surface area contributed by atoms with Crippen LogP contribution >= 0.6 is 15.9 Å². The maximum atomic E-state index is 13.7. The average molecular weight is 380 g/mol. The van der Waals surface area contributed by atoms with Gasteiger partial charge in [-0.3, -0.25) is 4.79 Å². The number of rotatable bonds is 6. The first kappa shape index (κ1) is 17.0. The van der Waals surface area contributed by atoms with Crippen molar-refractivity contribution in [2.45, 2.75) is 0 Å². The molecule has 0 aliphatic rings. The summed E-state index contributed by atoms with van der Waals surface area (Å²) in [5.41, 5.74) is 0.635. The number of ketones is 1. The minimum Gasteiger partial charge on any atom is -0.497 e. The number of hydrogen-bond acceptors (Lipinski definition) is 4. The van der Waals surface area contributed by atoms with Gasteiger partial charge in [0.25, 0.3) is 0 Å². The Balaban J connectivity index is 2.15. The number of halogens is 2. The molecule has 0 heterocycles. The van der Waals surface area contributed by atoms with E-state index in [0.717, 1.165) is 0 Å². The van der Waals surface area contributed by atoms with Gasteiger partial charge in [0.15, 0.2) is 5.78 Å². The van der Waals surface area contributed by atoms with E-state index < -0.39 is 5.82 Å². The van der Waals surface area contributed by atoms with E-state index in [9.17, 15) is 9.18 Å². The molecule has 2 rings (SSSR count). The standard InChI is InChI=1S/C17H15BrFNO3/c1-22-12-4-6-17(23-2)13(10-12)16(21)7-8-20-15-5-3-11(18)9-14(15)19/h3-10,20H,1-2H3/b8-7+. The van der Waals surface area contributed by atoms with Gasteiger partial charge >= 0.3 is 0 Å². The Kier molecular flexibility index (Phi) is 5.76. The quantitative estimate of drug-likeness (QED) is 0.596. The highest BCUT2D eigenvalue weighted by Gasteiger charge is 2.11. The molecular formula is C17H15BrFNO3. The van der Waals surface area contributed by atoms with Crippen LogP contribution in [0.1, 0.15) is 10.4 Å². The maximum Gasteiger partial charge on any atom is 0.191 e. The minimum absolute atomic E-state index is 0.273. The van der Waals surface area contributed by atoms with Crippen molar-refractivity contribution >= 4 is 27.4 Å². The molecule has 0 amide bonds. The molecule has 2 aromatic carbocycles. The average Bonchev–Trinajstić information content (AvgIpc) is 2.56. The summed E-state index contributed by atoms with van der Waals surface area (Å²) >= 11 is 3.18. The van der Waals surface area contributed by atoms with Gasteiger partial charge in [0, 0.05) is 16.7 Å². The molecule has 0 atom stereocenters. The zero-order valence-electron chi connectivity index (χ0n) is 12.6. The normalized spacial score (nSPS) is 10.6. The van der Waals surface area contributed by atoms with Crippen molar-refractivity contribution in [3.05, 3.63) is 64.5 Å². The molecule has 0 aliphatic heterocycles. The van der Waals surface area contributed by atoms with Gasteiger partial charge in [-0.25, -0.2) is 4.39 Å². The lowest BCUT2D eigenvalue weighted by Gasteiger charge is -2.08. The summed E-state index contributed by atoms with van der Waals surface area (Å²) < 4.78 is 24.6. The highest BCUT2D eigenvalue weighted by molar-refractivity contribution is 9.10. The SMILES string of the molecule is COc1ccc(OC)c(C(=O)/C=C/Nc2ccc(Br)cc2F)c1. The molecular weight excluding hydrogens is 365 g/mol. The fourth-order valence-electron chi connectivity index (χ4n) is 1.91. The zero-order valence-corrected chi connectivity index (χ0v) is 14.2. The first-order valence-corrected chi connectivity index (χ1v) is 7.49. The Bertz CT molecular complexity index is 747. The fourth-order valence-corrected chi connectivity index (χ4v) is 2.24. The molecule has 0 aromatic heterocycles. The van der Waals surface area contributed by atoms with Gasteiger partial charge in [0.1, 0.15) is 17.3 Å². The number of carbonyl (C=O) groups excluding carboxylic acids is 1. The lowest BCUT2D eigenvalue weighted by molar-refractivity contribution is 0.104. The van der Waals surface area contributed by atoms with E-state index in [1.807, 2.05) is 0 Å². The third-order valence-electron chi connectivity index (χ3n) is 3.08. The molecule has 0 fully saturated rings. The second-order valence-corrected chi connectivity index (χ2v) is 5.45. The number of ether oxygens (including phenoxy) is 2. The van der Waals surface area contributed by atoms with Crippen LogP contribution in [-0.4, -0.2) is 20.0 Å². The number of carbonyl (C=O) groups is 1. The zero-order chi connectivity index (χ0) is 16.8. The molecule has 0 unspecified atom stereocenters. The van der Waals surface area contributed by atoms with E-state index in [2.05, 4.69) is 21.2 Å². The number of nitrogens with one attached hydrogen (secondary N) is 1. The van der Waals surface area contributed by atoms with Crippen molar-refractivity contribution in [1.29, 1.82) is 0 Å². The van der Waals surface area contributed by atoms with Gasteiger partial charge in [-0.05, 0) is 36.4 Å². The summed E-state index contributed by atoms with van der Waals surface area (Å²) in [7, 11) is 3.00. The molecule has 23 heavy (non-hydrogen) atoms. The number of hydrogen-bond donors (Lipinski definition) is 1. The first-order valence-electron chi connectivity index (χ1n) is 6.69. The molecule has 0 spiro atoms. The number of allylic oxidation sites excluding steroid dienone is 1. The van der Waals surface area contributed by atoms with Crippen LogP contribution in [0.3, 0.4) is 0 Å². The third kappa shape index (κ3) is 4.32. The highest BCUT2D eigenvalue weighted by atomic mass is 79.9. The Morgan fingerprint density at radius 2 is 1.96 bits per heavy atom. The second kappa shape index (κ2) is 7.78. The van der Waals surface area contributed by atoms with Gasteiger partial charge in [-0.1, -0.05) is 15.9 Å². The van der Waals surface area contributed by atoms with Crippen LogP contribution in [0.2, 0.25) is 0 Å². The second-order valence-electron chi connectivity index (χ2n) is 4.53.